The smallest absolute Gasteiger partial charge is 0.122 e. The van der Waals surface area contributed by atoms with Gasteiger partial charge in [0.1, 0.15) is 5.75 Å². The lowest BCUT2D eigenvalue weighted by atomic mass is 9.87. The molecule has 20 heavy (non-hydrogen) atoms. The highest BCUT2D eigenvalue weighted by molar-refractivity contribution is 5.37. The fourth-order valence-electron chi connectivity index (χ4n) is 3.33. The standard InChI is InChI=1S/C18H29NO/c1-3-14-19-17-12-7-5-6-10-15(17)16-11-8-9-13-18(16)20-4-2/h8-9,11,13,15,17,19H,3-7,10,12,14H2,1-2H3. The summed E-state index contributed by atoms with van der Waals surface area (Å²) >= 11 is 0. The van der Waals surface area contributed by atoms with Crippen LogP contribution in [-0.4, -0.2) is 19.2 Å². The molecule has 0 spiro atoms. The van der Waals surface area contributed by atoms with Gasteiger partial charge in [0.25, 0.3) is 0 Å². The molecule has 0 aliphatic heterocycles. The molecule has 0 aromatic heterocycles. The minimum absolute atomic E-state index is 0.604. The van der Waals surface area contributed by atoms with Crippen LogP contribution in [0.2, 0.25) is 0 Å². The maximum atomic E-state index is 5.86. The number of rotatable bonds is 6. The van der Waals surface area contributed by atoms with Crippen LogP contribution < -0.4 is 10.1 Å². The van der Waals surface area contributed by atoms with Crippen LogP contribution in [0, 0.1) is 0 Å². The Bertz CT molecular complexity index is 391. The van der Waals surface area contributed by atoms with Gasteiger partial charge in [-0.05, 0) is 44.4 Å². The summed E-state index contributed by atoms with van der Waals surface area (Å²) < 4.78 is 5.86. The molecular weight excluding hydrogens is 246 g/mol. The first-order valence-electron chi connectivity index (χ1n) is 8.32. The zero-order valence-electron chi connectivity index (χ0n) is 13.0. The van der Waals surface area contributed by atoms with Gasteiger partial charge in [0.2, 0.25) is 0 Å². The second kappa shape index (κ2) is 8.31. The third kappa shape index (κ3) is 3.99. The van der Waals surface area contributed by atoms with Gasteiger partial charge in [-0.2, -0.15) is 0 Å². The Morgan fingerprint density at radius 1 is 1.10 bits per heavy atom. The minimum atomic E-state index is 0.604. The summed E-state index contributed by atoms with van der Waals surface area (Å²) in [6.45, 7) is 6.18. The molecule has 0 bridgehead atoms. The van der Waals surface area contributed by atoms with Gasteiger partial charge >= 0.3 is 0 Å². The Morgan fingerprint density at radius 3 is 2.70 bits per heavy atom. The van der Waals surface area contributed by atoms with Crippen molar-refractivity contribution in [3.05, 3.63) is 29.8 Å². The van der Waals surface area contributed by atoms with Crippen molar-refractivity contribution >= 4 is 0 Å². The summed E-state index contributed by atoms with van der Waals surface area (Å²) in [5.74, 6) is 1.69. The van der Waals surface area contributed by atoms with Gasteiger partial charge in [-0.3, -0.25) is 0 Å². The van der Waals surface area contributed by atoms with E-state index in [9.17, 15) is 0 Å². The van der Waals surface area contributed by atoms with Crippen molar-refractivity contribution in [3.63, 3.8) is 0 Å². The molecule has 0 saturated heterocycles. The average Bonchev–Trinajstić information content (AvgIpc) is 2.71. The lowest BCUT2D eigenvalue weighted by Crippen LogP contribution is -2.35. The van der Waals surface area contributed by atoms with Gasteiger partial charge in [0, 0.05) is 12.0 Å². The van der Waals surface area contributed by atoms with E-state index in [2.05, 4.69) is 43.4 Å². The van der Waals surface area contributed by atoms with Gasteiger partial charge in [0.15, 0.2) is 0 Å². The Morgan fingerprint density at radius 2 is 1.90 bits per heavy atom. The molecule has 112 valence electrons. The molecule has 1 aliphatic rings. The fraction of sp³-hybridized carbons (Fsp3) is 0.667. The highest BCUT2D eigenvalue weighted by Crippen LogP contribution is 2.36. The lowest BCUT2D eigenvalue weighted by molar-refractivity contribution is 0.325. The van der Waals surface area contributed by atoms with Crippen LogP contribution in [0.1, 0.15) is 63.9 Å². The summed E-state index contributed by atoms with van der Waals surface area (Å²) in [5.41, 5.74) is 1.41. The molecule has 0 amide bonds. The van der Waals surface area contributed by atoms with E-state index >= 15 is 0 Å². The zero-order valence-corrected chi connectivity index (χ0v) is 13.0. The summed E-state index contributed by atoms with van der Waals surface area (Å²) in [6.07, 6.45) is 7.86. The van der Waals surface area contributed by atoms with Crippen LogP contribution in [0.25, 0.3) is 0 Å². The van der Waals surface area contributed by atoms with E-state index in [-0.39, 0.29) is 0 Å². The van der Waals surface area contributed by atoms with E-state index in [1.54, 1.807) is 0 Å². The molecule has 1 N–H and O–H groups in total. The third-order valence-corrected chi connectivity index (χ3v) is 4.29. The molecule has 2 heteroatoms. The largest absolute Gasteiger partial charge is 0.494 e. The molecular formula is C18H29NO. The monoisotopic (exact) mass is 275 g/mol. The highest BCUT2D eigenvalue weighted by Gasteiger charge is 2.26. The molecule has 1 aliphatic carbocycles. The number of hydrogen-bond acceptors (Lipinski definition) is 2. The summed E-state index contributed by atoms with van der Waals surface area (Å²) in [7, 11) is 0. The topological polar surface area (TPSA) is 21.3 Å². The fourth-order valence-corrected chi connectivity index (χ4v) is 3.33. The Balaban J connectivity index is 2.20. The molecule has 2 rings (SSSR count). The molecule has 2 atom stereocenters. The van der Waals surface area contributed by atoms with Gasteiger partial charge in [0.05, 0.1) is 6.61 Å². The molecule has 0 radical (unpaired) electrons. The number of benzene rings is 1. The molecule has 1 aromatic rings. The van der Waals surface area contributed by atoms with Crippen molar-refractivity contribution < 1.29 is 4.74 Å². The van der Waals surface area contributed by atoms with E-state index in [1.807, 2.05) is 0 Å². The lowest BCUT2D eigenvalue weighted by Gasteiger charge is -2.28. The molecule has 1 fully saturated rings. The maximum Gasteiger partial charge on any atom is 0.122 e. The zero-order chi connectivity index (χ0) is 14.2. The summed E-state index contributed by atoms with van der Waals surface area (Å²) in [6, 6.07) is 9.24. The van der Waals surface area contributed by atoms with Crippen molar-refractivity contribution in [3.8, 4) is 5.75 Å². The predicted octanol–water partition coefficient (Wildman–Crippen LogP) is 4.50. The molecule has 1 aromatic carbocycles. The van der Waals surface area contributed by atoms with Crippen LogP contribution in [0.15, 0.2) is 24.3 Å². The first-order valence-corrected chi connectivity index (χ1v) is 8.32. The van der Waals surface area contributed by atoms with E-state index in [1.165, 1.54) is 44.1 Å². The van der Waals surface area contributed by atoms with Gasteiger partial charge in [-0.25, -0.2) is 0 Å². The van der Waals surface area contributed by atoms with Crippen molar-refractivity contribution in [1.29, 1.82) is 0 Å². The molecule has 1 saturated carbocycles. The number of para-hydroxylation sites is 1. The normalized spacial score (nSPS) is 23.3. The average molecular weight is 275 g/mol. The first kappa shape index (κ1) is 15.4. The van der Waals surface area contributed by atoms with Crippen molar-refractivity contribution in [2.75, 3.05) is 13.2 Å². The Labute approximate surface area is 123 Å². The summed E-state index contributed by atoms with van der Waals surface area (Å²) in [4.78, 5) is 0. The number of hydrogen-bond donors (Lipinski definition) is 1. The van der Waals surface area contributed by atoms with E-state index in [0.29, 0.717) is 12.0 Å². The van der Waals surface area contributed by atoms with Gasteiger partial charge in [-0.15, -0.1) is 0 Å². The second-order valence-electron chi connectivity index (χ2n) is 5.78. The van der Waals surface area contributed by atoms with Crippen molar-refractivity contribution in [2.24, 2.45) is 0 Å². The van der Waals surface area contributed by atoms with Crippen LogP contribution in [0.4, 0.5) is 0 Å². The molecule has 2 unspecified atom stereocenters. The van der Waals surface area contributed by atoms with Crippen LogP contribution in [0.3, 0.4) is 0 Å². The maximum absolute atomic E-state index is 5.86. The SMILES string of the molecule is CCCNC1CCCCCC1c1ccccc1OCC. The van der Waals surface area contributed by atoms with Gasteiger partial charge in [-0.1, -0.05) is 44.4 Å². The van der Waals surface area contributed by atoms with E-state index < -0.39 is 0 Å². The third-order valence-electron chi connectivity index (χ3n) is 4.29. The quantitative estimate of drug-likeness (QED) is 0.772. The highest BCUT2D eigenvalue weighted by atomic mass is 16.5. The first-order chi connectivity index (χ1) is 9.86. The second-order valence-corrected chi connectivity index (χ2v) is 5.78. The Hall–Kier alpha value is -1.02. The minimum Gasteiger partial charge on any atom is -0.494 e. The van der Waals surface area contributed by atoms with Crippen LogP contribution in [0.5, 0.6) is 5.75 Å². The van der Waals surface area contributed by atoms with E-state index in [0.717, 1.165) is 18.9 Å². The van der Waals surface area contributed by atoms with Crippen LogP contribution >= 0.6 is 0 Å². The van der Waals surface area contributed by atoms with Gasteiger partial charge < -0.3 is 10.1 Å². The molecule has 2 nitrogen and oxygen atoms in total. The predicted molar refractivity (Wildman–Crippen MR) is 85.5 cm³/mol. The van der Waals surface area contributed by atoms with Crippen LogP contribution in [-0.2, 0) is 0 Å². The summed E-state index contributed by atoms with van der Waals surface area (Å²) in [5, 5.41) is 3.77. The Kier molecular flexibility index (Phi) is 6.38. The van der Waals surface area contributed by atoms with Crippen molar-refractivity contribution in [1.82, 2.24) is 5.32 Å². The number of nitrogens with one attached hydrogen (secondary N) is 1. The molecule has 0 heterocycles. The van der Waals surface area contributed by atoms with E-state index in [4.69, 9.17) is 4.74 Å². The van der Waals surface area contributed by atoms with Crippen molar-refractivity contribution in [2.45, 2.75) is 64.3 Å². The number of ether oxygens (including phenoxy) is 1.